The number of thioether (sulfide) groups is 4. The second-order valence-corrected chi connectivity index (χ2v) is 34.3. The lowest BCUT2D eigenvalue weighted by Crippen LogP contribution is -2.40. The van der Waals surface area contributed by atoms with Gasteiger partial charge in [0.15, 0.2) is 20.6 Å². The van der Waals surface area contributed by atoms with Crippen LogP contribution in [-0.4, -0.2) is 177 Å². The Labute approximate surface area is 561 Å². The van der Waals surface area contributed by atoms with Crippen molar-refractivity contribution in [2.45, 2.75) is 56.1 Å². The highest BCUT2D eigenvalue weighted by molar-refractivity contribution is 8.00. The molecule has 0 bridgehead atoms. The highest BCUT2D eigenvalue weighted by Crippen LogP contribution is 2.48. The third-order valence-electron chi connectivity index (χ3n) is 14.4. The van der Waals surface area contributed by atoms with E-state index in [2.05, 4.69) is 40.5 Å². The fourth-order valence-electron chi connectivity index (χ4n) is 10.6. The highest BCUT2D eigenvalue weighted by atomic mass is 32.2. The predicted octanol–water partition coefficient (Wildman–Crippen LogP) is 7.17. The molecule has 11 rings (SSSR count). The minimum absolute atomic E-state index is 0.00597. The number of imide groups is 2. The van der Waals surface area contributed by atoms with Gasteiger partial charge in [0.05, 0.1) is 45.8 Å². The summed E-state index contributed by atoms with van der Waals surface area (Å²) in [5, 5.41) is 8.44. The molecule has 4 amide bonds. The molecule has 2 aromatic heterocycles. The molecule has 4 heterocycles. The van der Waals surface area contributed by atoms with Gasteiger partial charge in [0.25, 0.3) is 84.3 Å². The Morgan fingerprint density at radius 2 is 0.604 bits per heavy atom. The third-order valence-corrected chi connectivity index (χ3v) is 23.2. The smallest absolute Gasteiger partial charge is 0.296 e. The van der Waals surface area contributed by atoms with Gasteiger partial charge in [0.1, 0.15) is 9.79 Å². The van der Waals surface area contributed by atoms with Crippen molar-refractivity contribution >= 4 is 209 Å². The molecule has 32 nitrogen and oxygen atoms in total. The molecule has 0 fully saturated rings. The van der Waals surface area contributed by atoms with Gasteiger partial charge in [0.2, 0.25) is 11.9 Å². The molecule has 96 heavy (non-hydrogen) atoms. The van der Waals surface area contributed by atoms with Crippen LogP contribution in [0.15, 0.2) is 115 Å². The minimum atomic E-state index is -5.22. The van der Waals surface area contributed by atoms with Gasteiger partial charge < -0.3 is 10.6 Å². The van der Waals surface area contributed by atoms with Crippen LogP contribution in [0, 0.1) is 0 Å². The first-order valence-electron chi connectivity index (χ1n) is 27.6. The molecule has 0 unspecified atom stereocenters. The fraction of sp³-hybridized carbons (Fsp3) is 0.222. The van der Waals surface area contributed by atoms with Crippen LogP contribution in [0.4, 0.5) is 34.6 Å². The predicted molar refractivity (Wildman–Crippen MR) is 356 cm³/mol. The number of anilines is 6. The Bertz CT molecular complexity index is 4950. The molecule has 0 radical (unpaired) electrons. The Hall–Kier alpha value is -7.40. The average molecular weight is 1510 g/mol. The molecule has 0 saturated heterocycles. The first-order valence-corrected chi connectivity index (χ1v) is 40.8. The second kappa shape index (κ2) is 26.8. The molecule has 0 saturated carbocycles. The number of benzene rings is 7. The molecule has 0 aliphatic carbocycles. The van der Waals surface area contributed by atoms with Gasteiger partial charge in [-0.1, -0.05) is 71.3 Å². The van der Waals surface area contributed by atoms with Crippen molar-refractivity contribution in [3.05, 3.63) is 107 Å². The number of carbonyl (C=O) groups is 4. The minimum Gasteiger partial charge on any atom is -0.323 e. The van der Waals surface area contributed by atoms with Gasteiger partial charge in [-0.15, -0.1) is 0 Å². The summed E-state index contributed by atoms with van der Waals surface area (Å²) in [5.74, 6) is -6.36. The standard InChI is InChI=1S/C54H46N10O22S10/c65-45-33-11-7-29-31-9-13-35-44-36(48(68)64(47(35)67)28-6-16-38(40(26-28)96(84,85)86)56-50-59-53(89-19-3-23-93(75,76)77)62-54(60-50)90-20-4-24-94(78,79)80)14-10-32(42(31)44)30-8-12-34(43(33)41(29)30)46(66)63(45)27-5-15-37(39(25-27)95(81,82)83)55-49-57-51(87-17-1-21-91(69,70)71)61-52(58-49)88-18-2-22-92(72,73)74/h5-16,25-26H,1-4,17-24H2,(H,69,70,71)(H,72,73,74)(H,75,76,77)(H,78,79,80)(H,81,82,83)(H,84,85,86)(H,55,57,58,61)(H,56,59,60,62). The van der Waals surface area contributed by atoms with Crippen molar-refractivity contribution in [3.8, 4) is 0 Å². The molecule has 504 valence electrons. The average Bonchev–Trinajstić information content (AvgIpc) is 0.690. The molecule has 9 aromatic rings. The number of fused-ring (bicyclic) bond motifs is 2. The van der Waals surface area contributed by atoms with Crippen molar-refractivity contribution in [3.63, 3.8) is 0 Å². The van der Waals surface area contributed by atoms with Crippen LogP contribution >= 0.6 is 47.0 Å². The number of aromatic nitrogens is 6. The molecule has 0 spiro atoms. The number of hydrogen-bond donors (Lipinski definition) is 8. The summed E-state index contributed by atoms with van der Waals surface area (Å²) in [6, 6.07) is 18.5. The van der Waals surface area contributed by atoms with Gasteiger partial charge in [0, 0.05) is 56.0 Å². The Morgan fingerprint density at radius 1 is 0.344 bits per heavy atom. The van der Waals surface area contributed by atoms with Crippen LogP contribution in [0.1, 0.15) is 67.1 Å². The van der Waals surface area contributed by atoms with Crippen molar-refractivity contribution < 1.29 is 97.0 Å². The Kier molecular flexibility index (Phi) is 19.5. The van der Waals surface area contributed by atoms with Crippen LogP contribution in [0.3, 0.4) is 0 Å². The fourth-order valence-corrected chi connectivity index (χ4v) is 17.9. The van der Waals surface area contributed by atoms with Crippen molar-refractivity contribution in [2.75, 3.05) is 66.5 Å². The second-order valence-electron chi connectivity index (χ2n) is 21.0. The van der Waals surface area contributed by atoms with E-state index in [1.54, 1.807) is 24.3 Å². The molecule has 2 aliphatic heterocycles. The summed E-state index contributed by atoms with van der Waals surface area (Å²) in [6.07, 6.45) is -0.166. The van der Waals surface area contributed by atoms with E-state index in [1.165, 1.54) is 36.4 Å². The first-order chi connectivity index (χ1) is 45.0. The monoisotopic (exact) mass is 1510 g/mol. The third kappa shape index (κ3) is 15.5. The molecule has 7 aromatic carbocycles. The molecule has 42 heteroatoms. The van der Waals surface area contributed by atoms with Gasteiger partial charge >= 0.3 is 0 Å². The van der Waals surface area contributed by atoms with Gasteiger partial charge in [-0.25, -0.2) is 9.80 Å². The van der Waals surface area contributed by atoms with Crippen LogP contribution < -0.4 is 20.4 Å². The maximum absolute atomic E-state index is 14.8. The van der Waals surface area contributed by atoms with Gasteiger partial charge in [-0.3, -0.25) is 46.5 Å². The van der Waals surface area contributed by atoms with E-state index in [0.717, 1.165) is 71.3 Å². The van der Waals surface area contributed by atoms with E-state index >= 15 is 0 Å². The number of rotatable bonds is 28. The summed E-state index contributed by atoms with van der Waals surface area (Å²) < 4.78 is 201. The van der Waals surface area contributed by atoms with Crippen LogP contribution in [0.5, 0.6) is 0 Å². The number of nitrogens with zero attached hydrogens (tertiary/aromatic N) is 8. The quantitative estimate of drug-likeness (QED) is 0.00601. The summed E-state index contributed by atoms with van der Waals surface area (Å²) in [4.78, 5) is 84.4. The molecular weight excluding hydrogens is 1460 g/mol. The van der Waals surface area contributed by atoms with Crippen molar-refractivity contribution in [2.24, 2.45) is 0 Å². The molecule has 0 atom stereocenters. The summed E-state index contributed by atoms with van der Waals surface area (Å²) >= 11 is 3.71. The van der Waals surface area contributed by atoms with E-state index in [4.69, 9.17) is 0 Å². The van der Waals surface area contributed by atoms with E-state index in [1.807, 2.05) is 0 Å². The van der Waals surface area contributed by atoms with E-state index < -0.39 is 117 Å². The van der Waals surface area contributed by atoms with Crippen LogP contribution in [0.25, 0.3) is 43.1 Å². The summed E-state index contributed by atoms with van der Waals surface area (Å²) in [5.41, 5.74) is -1.36. The van der Waals surface area contributed by atoms with E-state index in [0.29, 0.717) is 42.1 Å². The lowest BCUT2D eigenvalue weighted by Gasteiger charge is -2.30. The number of nitrogens with one attached hydrogen (secondary N) is 2. The Balaban J connectivity index is 0.893. The zero-order chi connectivity index (χ0) is 69.2. The van der Waals surface area contributed by atoms with Crippen LogP contribution in [0.2, 0.25) is 0 Å². The topological polar surface area (TPSA) is 502 Å². The van der Waals surface area contributed by atoms with E-state index in [9.17, 15) is 97.0 Å². The highest BCUT2D eigenvalue weighted by Gasteiger charge is 2.39. The van der Waals surface area contributed by atoms with Gasteiger partial charge in [-0.05, 0) is 119 Å². The summed E-state index contributed by atoms with van der Waals surface area (Å²) in [7, 11) is -27.7. The van der Waals surface area contributed by atoms with E-state index in [-0.39, 0.29) is 137 Å². The zero-order valence-electron chi connectivity index (χ0n) is 48.4. The maximum atomic E-state index is 14.8. The summed E-state index contributed by atoms with van der Waals surface area (Å²) in [6.45, 7) is 0. The largest absolute Gasteiger partial charge is 0.323 e. The lowest BCUT2D eigenvalue weighted by atomic mass is 9.82. The Morgan fingerprint density at radius 3 is 0.844 bits per heavy atom. The SMILES string of the molecule is O=C1c2ccc3c4ccc5c6c(ccc(c7ccc(c2c37)C(=O)N1c1ccc(Nc2nc(SCCCS(=O)(=O)O)nc(SCCCS(=O)(=O)O)n2)c(S(=O)(=O)O)c1)c64)C(=O)N(c1ccc(Nc2nc(SCCCS(=O)(=O)O)nc(SCCCS(=O)(=O)O)n2)c(S(=O)(=O)O)c1)C5=O. The van der Waals surface area contributed by atoms with Crippen molar-refractivity contribution in [1.82, 2.24) is 29.9 Å². The number of carbonyl (C=O) groups excluding carboxylic acids is 4. The number of amides is 4. The molecule has 2 aliphatic rings. The zero-order valence-corrected chi connectivity index (χ0v) is 56.6. The van der Waals surface area contributed by atoms with Crippen LogP contribution in [-0.2, 0) is 60.7 Å². The van der Waals surface area contributed by atoms with Gasteiger partial charge in [-0.2, -0.15) is 80.4 Å². The maximum Gasteiger partial charge on any atom is 0.296 e. The normalized spacial score (nSPS) is 14.1. The first kappa shape index (κ1) is 69.9. The molecular formula is C54H46N10O22S10. The lowest BCUT2D eigenvalue weighted by molar-refractivity contribution is 0.0877. The number of hydrogen-bond acceptors (Lipinski definition) is 28. The molecule has 8 N–H and O–H groups in total. The van der Waals surface area contributed by atoms with Crippen molar-refractivity contribution in [1.29, 1.82) is 0 Å².